The number of carbonyl (C=O) groups is 1. The van der Waals surface area contributed by atoms with Crippen molar-refractivity contribution in [3.8, 4) is 0 Å². The van der Waals surface area contributed by atoms with Gasteiger partial charge in [-0.2, -0.15) is 0 Å². The molecule has 11 heteroatoms. The molecule has 0 saturated heterocycles. The predicted octanol–water partition coefficient (Wildman–Crippen LogP) is 3.65. The molecule has 0 aliphatic carbocycles. The van der Waals surface area contributed by atoms with Crippen molar-refractivity contribution in [2.75, 3.05) is 24.7 Å². The summed E-state index contributed by atoms with van der Waals surface area (Å²) in [4.78, 5) is 22.3. The molecule has 174 valence electrons. The Morgan fingerprint density at radius 3 is 2.67 bits per heavy atom. The number of nitrogens with zero attached hydrogens (tertiary/aromatic N) is 4. The number of hydrogen-bond acceptors (Lipinski definition) is 7. The van der Waals surface area contributed by atoms with E-state index < -0.39 is 15.7 Å². The predicted molar refractivity (Wildman–Crippen MR) is 122 cm³/mol. The number of fused-ring (bicyclic) bond motifs is 1. The van der Waals surface area contributed by atoms with Crippen LogP contribution in [0.3, 0.4) is 0 Å². The maximum absolute atomic E-state index is 14.5. The first-order chi connectivity index (χ1) is 15.6. The number of carbonyl (C=O) groups excluding carboxylic acids is 1. The first-order valence-electron chi connectivity index (χ1n) is 10.4. The summed E-state index contributed by atoms with van der Waals surface area (Å²) in [5.74, 6) is -0.699. The van der Waals surface area contributed by atoms with E-state index in [9.17, 15) is 17.6 Å². The maximum Gasteiger partial charge on any atom is 0.410 e. The standard InChI is InChI=1S/C22H24FN5O4S/c1-14(2)32-22(29)27-8-6-15(7-9-27)20-12-25-21-19(11-24-13-28(20)21)26-18-5-4-16(10-17(18)23)33(3,30)31/h4-6,10-14,26H,7-9H2,1-3H3. The van der Waals surface area contributed by atoms with Crippen LogP contribution in [0.1, 0.15) is 26.0 Å². The maximum atomic E-state index is 14.5. The summed E-state index contributed by atoms with van der Waals surface area (Å²) in [6.07, 6.45) is 7.94. The third kappa shape index (κ3) is 4.82. The van der Waals surface area contributed by atoms with Crippen LogP contribution in [-0.4, -0.2) is 59.2 Å². The lowest BCUT2D eigenvalue weighted by molar-refractivity contribution is 0.0799. The van der Waals surface area contributed by atoms with Gasteiger partial charge in [-0.15, -0.1) is 0 Å². The van der Waals surface area contributed by atoms with Gasteiger partial charge in [0.25, 0.3) is 0 Å². The second kappa shape index (κ2) is 8.81. The summed E-state index contributed by atoms with van der Waals surface area (Å²) in [7, 11) is -3.51. The fourth-order valence-corrected chi connectivity index (χ4v) is 4.18. The first-order valence-corrected chi connectivity index (χ1v) is 12.3. The Morgan fingerprint density at radius 2 is 2.03 bits per heavy atom. The van der Waals surface area contributed by atoms with E-state index in [-0.39, 0.29) is 22.8 Å². The van der Waals surface area contributed by atoms with E-state index in [2.05, 4.69) is 15.3 Å². The number of sulfone groups is 1. The van der Waals surface area contributed by atoms with Crippen LogP contribution in [0, 0.1) is 5.82 Å². The van der Waals surface area contributed by atoms with Crippen molar-refractivity contribution >= 4 is 38.5 Å². The highest BCUT2D eigenvalue weighted by Gasteiger charge is 2.22. The van der Waals surface area contributed by atoms with E-state index in [4.69, 9.17) is 4.74 Å². The van der Waals surface area contributed by atoms with E-state index >= 15 is 0 Å². The smallest absolute Gasteiger partial charge is 0.410 e. The monoisotopic (exact) mass is 473 g/mol. The van der Waals surface area contributed by atoms with Crippen LogP contribution >= 0.6 is 0 Å². The fourth-order valence-electron chi connectivity index (χ4n) is 3.55. The summed E-state index contributed by atoms with van der Waals surface area (Å²) in [6, 6.07) is 3.69. The van der Waals surface area contributed by atoms with Crippen LogP contribution < -0.4 is 5.32 Å². The molecule has 0 radical (unpaired) electrons. The number of aromatic nitrogens is 3. The minimum Gasteiger partial charge on any atom is -0.447 e. The van der Waals surface area contributed by atoms with E-state index in [1.54, 1.807) is 21.8 Å². The van der Waals surface area contributed by atoms with Crippen molar-refractivity contribution < 1.29 is 22.3 Å². The summed E-state index contributed by atoms with van der Waals surface area (Å²) in [5, 5.41) is 2.95. The second-order valence-corrected chi connectivity index (χ2v) is 10.1. The summed E-state index contributed by atoms with van der Waals surface area (Å²) >= 11 is 0. The molecule has 0 bridgehead atoms. The minimum absolute atomic E-state index is 0.0967. The zero-order valence-electron chi connectivity index (χ0n) is 18.4. The summed E-state index contributed by atoms with van der Waals surface area (Å²) < 4.78 is 44.8. The van der Waals surface area contributed by atoms with Gasteiger partial charge in [0.2, 0.25) is 0 Å². The van der Waals surface area contributed by atoms with E-state index in [0.717, 1.165) is 23.6 Å². The van der Waals surface area contributed by atoms with Crippen molar-refractivity contribution in [1.29, 1.82) is 0 Å². The highest BCUT2D eigenvalue weighted by molar-refractivity contribution is 7.90. The Bertz CT molecular complexity index is 1350. The molecular weight excluding hydrogens is 449 g/mol. The van der Waals surface area contributed by atoms with Gasteiger partial charge in [0.15, 0.2) is 15.5 Å². The van der Waals surface area contributed by atoms with Gasteiger partial charge in [-0.25, -0.2) is 27.6 Å². The Balaban J connectivity index is 1.58. The molecular formula is C22H24FN5O4S. The Hall–Kier alpha value is -3.47. The highest BCUT2D eigenvalue weighted by atomic mass is 32.2. The topological polar surface area (TPSA) is 106 Å². The van der Waals surface area contributed by atoms with E-state index in [0.29, 0.717) is 30.8 Å². The molecule has 3 aromatic rings. The number of amides is 1. The Labute approximate surface area is 190 Å². The van der Waals surface area contributed by atoms with Crippen molar-refractivity contribution in [3.05, 3.63) is 54.5 Å². The van der Waals surface area contributed by atoms with Gasteiger partial charge in [0.05, 0.1) is 34.8 Å². The average Bonchev–Trinajstić information content (AvgIpc) is 3.19. The minimum atomic E-state index is -3.51. The molecule has 0 unspecified atom stereocenters. The van der Waals surface area contributed by atoms with Crippen LogP contribution in [0.15, 0.2) is 47.9 Å². The van der Waals surface area contributed by atoms with E-state index in [1.807, 2.05) is 19.9 Å². The summed E-state index contributed by atoms with van der Waals surface area (Å²) in [5.41, 5.74) is 2.95. The van der Waals surface area contributed by atoms with Gasteiger partial charge < -0.3 is 15.0 Å². The largest absolute Gasteiger partial charge is 0.447 e. The first kappa shape index (κ1) is 22.7. The fraction of sp³-hybridized carbons (Fsp3) is 0.318. The number of anilines is 2. The van der Waals surface area contributed by atoms with Crippen molar-refractivity contribution in [2.45, 2.75) is 31.3 Å². The zero-order valence-corrected chi connectivity index (χ0v) is 19.3. The highest BCUT2D eigenvalue weighted by Crippen LogP contribution is 2.28. The molecule has 2 aromatic heterocycles. The molecule has 1 aliphatic rings. The van der Waals surface area contributed by atoms with Gasteiger partial charge in [-0.1, -0.05) is 6.08 Å². The third-order valence-electron chi connectivity index (χ3n) is 5.19. The molecule has 1 amide bonds. The van der Waals surface area contributed by atoms with E-state index in [1.165, 1.54) is 18.3 Å². The number of nitrogens with one attached hydrogen (secondary N) is 1. The molecule has 0 saturated carbocycles. The number of rotatable bonds is 5. The Morgan fingerprint density at radius 1 is 1.24 bits per heavy atom. The normalized spacial score (nSPS) is 14.5. The van der Waals surface area contributed by atoms with Crippen LogP contribution in [-0.2, 0) is 14.6 Å². The SMILES string of the molecule is CC(C)OC(=O)N1CC=C(c2cnc3c(Nc4ccc(S(C)(=O)=O)cc4F)cncn23)CC1. The van der Waals surface area contributed by atoms with Gasteiger partial charge in [0.1, 0.15) is 17.8 Å². The quantitative estimate of drug-likeness (QED) is 0.603. The van der Waals surface area contributed by atoms with Crippen LogP contribution in [0.4, 0.5) is 20.6 Å². The molecule has 0 spiro atoms. The lowest BCUT2D eigenvalue weighted by Crippen LogP contribution is -2.36. The van der Waals surface area contributed by atoms with Gasteiger partial charge in [-0.05, 0) is 44.0 Å². The van der Waals surface area contributed by atoms with Crippen molar-refractivity contribution in [3.63, 3.8) is 0 Å². The number of imidazole rings is 1. The third-order valence-corrected chi connectivity index (χ3v) is 6.30. The lowest BCUT2D eigenvalue weighted by Gasteiger charge is -2.26. The molecule has 3 heterocycles. The molecule has 0 atom stereocenters. The molecule has 1 aliphatic heterocycles. The van der Waals surface area contributed by atoms with Crippen molar-refractivity contribution in [1.82, 2.24) is 19.3 Å². The number of hydrogen-bond donors (Lipinski definition) is 1. The number of ether oxygens (including phenoxy) is 1. The van der Waals surface area contributed by atoms with Gasteiger partial charge in [0, 0.05) is 19.3 Å². The average molecular weight is 474 g/mol. The second-order valence-electron chi connectivity index (χ2n) is 8.04. The van der Waals surface area contributed by atoms with Crippen LogP contribution in [0.2, 0.25) is 0 Å². The molecule has 0 fully saturated rings. The van der Waals surface area contributed by atoms with Crippen molar-refractivity contribution in [2.24, 2.45) is 0 Å². The zero-order chi connectivity index (χ0) is 23.8. The Kier molecular flexibility index (Phi) is 6.07. The van der Waals surface area contributed by atoms with Crippen LogP contribution in [0.25, 0.3) is 11.2 Å². The molecule has 9 nitrogen and oxygen atoms in total. The molecule has 1 aromatic carbocycles. The number of benzene rings is 1. The summed E-state index contributed by atoms with van der Waals surface area (Å²) in [6.45, 7) is 4.57. The van der Waals surface area contributed by atoms with Gasteiger partial charge in [-0.3, -0.25) is 4.40 Å². The molecule has 33 heavy (non-hydrogen) atoms. The number of halogens is 1. The lowest BCUT2D eigenvalue weighted by atomic mass is 10.1. The van der Waals surface area contributed by atoms with Gasteiger partial charge >= 0.3 is 6.09 Å². The van der Waals surface area contributed by atoms with Crippen LogP contribution in [0.5, 0.6) is 0 Å². The molecule has 1 N–H and O–H groups in total. The molecule has 4 rings (SSSR count).